The van der Waals surface area contributed by atoms with Gasteiger partial charge in [-0.25, -0.2) is 4.98 Å². The Morgan fingerprint density at radius 1 is 0.905 bits per heavy atom. The average Bonchev–Trinajstić information content (AvgIpc) is 2.23. The van der Waals surface area contributed by atoms with Crippen molar-refractivity contribution in [3.05, 3.63) is 17.3 Å². The highest BCUT2D eigenvalue weighted by Crippen LogP contribution is 2.30. The zero-order chi connectivity index (χ0) is 16.4. The summed E-state index contributed by atoms with van der Waals surface area (Å²) in [6, 6.07) is 0.340. The number of hydrogen-bond acceptors (Lipinski definition) is 4. The Labute approximate surface area is 128 Å². The number of ether oxygens (including phenoxy) is 2. The standard InChI is InChI=1S/C17H28N2O2/c1-11(2)12(3)13-10-18-15(21-17(7,8)9)19-14(13)20-16(4,5)6/h10H,1-9H3. The molecule has 0 aromatic carbocycles. The fourth-order valence-electron chi connectivity index (χ4n) is 1.57. The first-order valence-corrected chi connectivity index (χ1v) is 7.28. The van der Waals surface area contributed by atoms with E-state index in [4.69, 9.17) is 9.47 Å². The largest absolute Gasteiger partial charge is 0.471 e. The molecule has 0 saturated carbocycles. The molecule has 1 aromatic heterocycles. The van der Waals surface area contributed by atoms with Crippen LogP contribution in [0, 0.1) is 0 Å². The lowest BCUT2D eigenvalue weighted by Gasteiger charge is -2.24. The van der Waals surface area contributed by atoms with Gasteiger partial charge in [-0.1, -0.05) is 5.57 Å². The molecule has 0 spiro atoms. The molecule has 0 atom stereocenters. The second-order valence-electron chi connectivity index (χ2n) is 7.43. The summed E-state index contributed by atoms with van der Waals surface area (Å²) in [6.45, 7) is 18.1. The van der Waals surface area contributed by atoms with Crippen LogP contribution >= 0.6 is 0 Å². The van der Waals surface area contributed by atoms with Crippen molar-refractivity contribution in [1.29, 1.82) is 0 Å². The summed E-state index contributed by atoms with van der Waals surface area (Å²) in [5, 5.41) is 0. The fourth-order valence-corrected chi connectivity index (χ4v) is 1.57. The van der Waals surface area contributed by atoms with Crippen LogP contribution in [0.5, 0.6) is 11.9 Å². The molecule has 21 heavy (non-hydrogen) atoms. The predicted molar refractivity (Wildman–Crippen MR) is 86.7 cm³/mol. The highest BCUT2D eigenvalue weighted by Gasteiger charge is 2.21. The monoisotopic (exact) mass is 292 g/mol. The van der Waals surface area contributed by atoms with Crippen LogP contribution < -0.4 is 9.47 Å². The van der Waals surface area contributed by atoms with Crippen molar-refractivity contribution in [2.45, 2.75) is 73.5 Å². The normalized spacial score (nSPS) is 12.0. The Morgan fingerprint density at radius 3 is 1.86 bits per heavy atom. The molecular formula is C17H28N2O2. The fraction of sp³-hybridized carbons (Fsp3) is 0.647. The first kappa shape index (κ1) is 17.5. The summed E-state index contributed by atoms with van der Waals surface area (Å²) in [4.78, 5) is 8.77. The number of allylic oxidation sites excluding steroid dienone is 2. The van der Waals surface area contributed by atoms with Crippen LogP contribution in [0.1, 0.15) is 67.9 Å². The van der Waals surface area contributed by atoms with Gasteiger partial charge in [0, 0.05) is 6.20 Å². The van der Waals surface area contributed by atoms with Gasteiger partial charge in [-0.3, -0.25) is 0 Å². The molecule has 0 unspecified atom stereocenters. The lowest BCUT2D eigenvalue weighted by atomic mass is 10.1. The SMILES string of the molecule is CC(C)=C(C)c1cnc(OC(C)(C)C)nc1OC(C)(C)C. The summed E-state index contributed by atoms with van der Waals surface area (Å²) in [6.07, 6.45) is 1.78. The van der Waals surface area contributed by atoms with Gasteiger partial charge in [0.1, 0.15) is 11.2 Å². The molecule has 0 radical (unpaired) electrons. The number of nitrogens with zero attached hydrogens (tertiary/aromatic N) is 2. The van der Waals surface area contributed by atoms with Crippen LogP contribution in [0.3, 0.4) is 0 Å². The molecule has 4 nitrogen and oxygen atoms in total. The zero-order valence-corrected chi connectivity index (χ0v) is 14.8. The van der Waals surface area contributed by atoms with Crippen molar-refractivity contribution < 1.29 is 9.47 Å². The minimum atomic E-state index is -0.341. The lowest BCUT2D eigenvalue weighted by molar-refractivity contribution is 0.103. The number of rotatable bonds is 3. The first-order chi connectivity index (χ1) is 9.39. The van der Waals surface area contributed by atoms with Gasteiger partial charge in [-0.2, -0.15) is 4.98 Å². The van der Waals surface area contributed by atoms with Crippen molar-refractivity contribution in [3.8, 4) is 11.9 Å². The Balaban J connectivity index is 3.30. The van der Waals surface area contributed by atoms with Crippen LogP contribution in [0.4, 0.5) is 0 Å². The molecule has 0 N–H and O–H groups in total. The van der Waals surface area contributed by atoms with Crippen LogP contribution in [0.15, 0.2) is 11.8 Å². The van der Waals surface area contributed by atoms with Crippen LogP contribution in [0.25, 0.3) is 5.57 Å². The van der Waals surface area contributed by atoms with Gasteiger partial charge in [0.25, 0.3) is 0 Å². The molecule has 0 aliphatic rings. The molecule has 0 aliphatic heterocycles. The van der Waals surface area contributed by atoms with Gasteiger partial charge in [0.05, 0.1) is 5.56 Å². The van der Waals surface area contributed by atoms with E-state index in [2.05, 4.69) is 23.8 Å². The third kappa shape index (κ3) is 5.74. The van der Waals surface area contributed by atoms with Gasteiger partial charge in [0.15, 0.2) is 0 Å². The minimum absolute atomic E-state index is 0.329. The van der Waals surface area contributed by atoms with E-state index in [1.165, 1.54) is 5.57 Å². The third-order valence-corrected chi connectivity index (χ3v) is 2.69. The second kappa shape index (κ2) is 6.04. The summed E-state index contributed by atoms with van der Waals surface area (Å²) >= 11 is 0. The molecule has 1 heterocycles. The van der Waals surface area contributed by atoms with Gasteiger partial charge in [0.2, 0.25) is 5.88 Å². The van der Waals surface area contributed by atoms with E-state index in [0.717, 1.165) is 11.1 Å². The molecule has 0 bridgehead atoms. The van der Waals surface area contributed by atoms with Crippen molar-refractivity contribution >= 4 is 5.57 Å². The van der Waals surface area contributed by atoms with E-state index in [-0.39, 0.29) is 11.2 Å². The average molecular weight is 292 g/mol. The van der Waals surface area contributed by atoms with E-state index in [0.29, 0.717) is 11.9 Å². The van der Waals surface area contributed by atoms with Crippen LogP contribution in [-0.4, -0.2) is 21.2 Å². The van der Waals surface area contributed by atoms with Crippen molar-refractivity contribution in [2.75, 3.05) is 0 Å². The third-order valence-electron chi connectivity index (χ3n) is 2.69. The van der Waals surface area contributed by atoms with Gasteiger partial charge in [-0.15, -0.1) is 0 Å². The Hall–Kier alpha value is -1.58. The molecule has 0 saturated heterocycles. The van der Waals surface area contributed by atoms with E-state index in [1.54, 1.807) is 6.20 Å². The van der Waals surface area contributed by atoms with Gasteiger partial charge in [-0.05, 0) is 67.9 Å². The van der Waals surface area contributed by atoms with E-state index in [9.17, 15) is 0 Å². The molecule has 1 aromatic rings. The number of aromatic nitrogens is 2. The predicted octanol–water partition coefficient (Wildman–Crippen LogP) is 4.64. The van der Waals surface area contributed by atoms with E-state index >= 15 is 0 Å². The summed E-state index contributed by atoms with van der Waals surface area (Å²) < 4.78 is 11.7. The maximum Gasteiger partial charge on any atom is 0.320 e. The molecular weight excluding hydrogens is 264 g/mol. The molecule has 0 fully saturated rings. The topological polar surface area (TPSA) is 44.2 Å². The molecule has 4 heteroatoms. The number of hydrogen-bond donors (Lipinski definition) is 0. The van der Waals surface area contributed by atoms with Crippen LogP contribution in [0.2, 0.25) is 0 Å². The smallest absolute Gasteiger partial charge is 0.320 e. The Morgan fingerprint density at radius 2 is 1.43 bits per heavy atom. The van der Waals surface area contributed by atoms with E-state index in [1.807, 2.05) is 48.5 Å². The Bertz CT molecular complexity index is 531. The van der Waals surface area contributed by atoms with Crippen molar-refractivity contribution in [1.82, 2.24) is 9.97 Å². The van der Waals surface area contributed by atoms with Gasteiger partial charge >= 0.3 is 6.01 Å². The molecule has 0 aliphatic carbocycles. The lowest BCUT2D eigenvalue weighted by Crippen LogP contribution is -2.26. The van der Waals surface area contributed by atoms with Crippen LogP contribution in [-0.2, 0) is 0 Å². The highest BCUT2D eigenvalue weighted by atomic mass is 16.5. The Kier molecular flexibility index (Phi) is 5.03. The first-order valence-electron chi connectivity index (χ1n) is 7.28. The van der Waals surface area contributed by atoms with Gasteiger partial charge < -0.3 is 9.47 Å². The maximum absolute atomic E-state index is 5.99. The molecule has 118 valence electrons. The molecule has 0 amide bonds. The zero-order valence-electron chi connectivity index (χ0n) is 14.8. The van der Waals surface area contributed by atoms with Crippen molar-refractivity contribution in [2.24, 2.45) is 0 Å². The molecule has 1 rings (SSSR count). The summed E-state index contributed by atoms with van der Waals surface area (Å²) in [7, 11) is 0. The quantitative estimate of drug-likeness (QED) is 0.813. The highest BCUT2D eigenvalue weighted by molar-refractivity contribution is 5.69. The summed E-state index contributed by atoms with van der Waals surface area (Å²) in [5.74, 6) is 0.565. The second-order valence-corrected chi connectivity index (χ2v) is 7.43. The van der Waals surface area contributed by atoms with E-state index < -0.39 is 0 Å². The van der Waals surface area contributed by atoms with Crippen molar-refractivity contribution in [3.63, 3.8) is 0 Å². The minimum Gasteiger partial charge on any atom is -0.471 e. The summed E-state index contributed by atoms with van der Waals surface area (Å²) in [5.41, 5.74) is 2.57. The maximum atomic E-state index is 5.99.